The summed E-state index contributed by atoms with van der Waals surface area (Å²) in [6.07, 6.45) is 11.0. The number of amides is 1. The van der Waals surface area contributed by atoms with Crippen molar-refractivity contribution in [3.63, 3.8) is 0 Å². The van der Waals surface area contributed by atoms with E-state index in [4.69, 9.17) is 4.74 Å². The normalized spacial score (nSPS) is 16.5. The SMILES string of the molecule is B=C(NC(=C/C)/C(=C\C=C)NC(=O)C1CC1)c1n[nH]c2ccc(-c3cncc(N4CCOCC4)c3)cc12. The molecule has 0 spiro atoms. The Kier molecular flexibility index (Phi) is 7.32. The summed E-state index contributed by atoms with van der Waals surface area (Å²) in [4.78, 5) is 19.2. The van der Waals surface area contributed by atoms with Gasteiger partial charge in [0.25, 0.3) is 0 Å². The number of benzene rings is 1. The fourth-order valence-corrected chi connectivity index (χ4v) is 4.42. The number of rotatable bonds is 9. The zero-order valence-corrected chi connectivity index (χ0v) is 21.1. The number of hydrogen-bond donors (Lipinski definition) is 3. The molecule has 2 aliphatic rings. The van der Waals surface area contributed by atoms with E-state index in [1.165, 1.54) is 0 Å². The predicted octanol–water partition coefficient (Wildman–Crippen LogP) is 2.93. The van der Waals surface area contributed by atoms with Gasteiger partial charge in [-0.2, -0.15) is 0 Å². The molecule has 1 aromatic carbocycles. The first-order chi connectivity index (χ1) is 18.1. The maximum atomic E-state index is 12.4. The number of ether oxygens (including phenoxy) is 1. The summed E-state index contributed by atoms with van der Waals surface area (Å²) in [7, 11) is 4.25. The standard InChI is InChI=1S/C28H31BN6O2/c1-3-5-25(32-28(36)18-6-7-18)23(4-2)31-27(29)26-22-15-19(8-9-24(22)33-34-26)20-14-21(17-30-16-20)35-10-12-37-13-11-35/h3-5,8-9,14-18,29,31H,1,6-7,10-13H2,2H3,(H,32,36)(H,33,34)/b23-4+,25-5+. The van der Waals surface area contributed by atoms with Gasteiger partial charge in [0, 0.05) is 0 Å². The van der Waals surface area contributed by atoms with E-state index in [2.05, 4.69) is 63.0 Å². The summed E-state index contributed by atoms with van der Waals surface area (Å²) in [5.41, 5.74) is 6.78. The van der Waals surface area contributed by atoms with Crippen LogP contribution in [0.1, 0.15) is 25.5 Å². The number of nitrogens with zero attached hydrogens (tertiary/aromatic N) is 3. The zero-order chi connectivity index (χ0) is 25.8. The number of morpholine rings is 1. The molecule has 37 heavy (non-hydrogen) atoms. The van der Waals surface area contributed by atoms with Crippen molar-refractivity contribution in [2.24, 2.45) is 5.92 Å². The molecule has 1 aliphatic carbocycles. The Balaban J connectivity index is 1.39. The molecule has 1 saturated carbocycles. The molecule has 2 aromatic heterocycles. The minimum absolute atomic E-state index is 0.0302. The van der Waals surface area contributed by atoms with E-state index in [0.29, 0.717) is 17.0 Å². The predicted molar refractivity (Wildman–Crippen MR) is 150 cm³/mol. The molecular weight excluding hydrogens is 463 g/mol. The summed E-state index contributed by atoms with van der Waals surface area (Å²) in [5, 5.41) is 14.9. The van der Waals surface area contributed by atoms with Gasteiger partial charge in [-0.3, -0.25) is 0 Å². The number of anilines is 1. The summed E-state index contributed by atoms with van der Waals surface area (Å²) in [6, 6.07) is 8.35. The van der Waals surface area contributed by atoms with Crippen LogP contribution in [0.3, 0.4) is 0 Å². The zero-order valence-electron chi connectivity index (χ0n) is 21.1. The van der Waals surface area contributed by atoms with Crippen molar-refractivity contribution >= 4 is 35.6 Å². The molecule has 0 bridgehead atoms. The molecule has 0 unspecified atom stereocenters. The van der Waals surface area contributed by atoms with Gasteiger partial charge in [-0.1, -0.05) is 0 Å². The van der Waals surface area contributed by atoms with Crippen LogP contribution in [-0.4, -0.2) is 60.5 Å². The Morgan fingerprint density at radius 3 is 2.70 bits per heavy atom. The van der Waals surface area contributed by atoms with Crippen molar-refractivity contribution in [2.75, 3.05) is 31.2 Å². The van der Waals surface area contributed by atoms with Gasteiger partial charge in [0.1, 0.15) is 0 Å². The van der Waals surface area contributed by atoms with Crippen LogP contribution in [0.2, 0.25) is 0 Å². The monoisotopic (exact) mass is 494 g/mol. The number of nitrogens with one attached hydrogen (secondary N) is 3. The number of allylic oxidation sites excluding steroid dienone is 3. The second kappa shape index (κ2) is 11.0. The third kappa shape index (κ3) is 5.57. The van der Waals surface area contributed by atoms with Crippen molar-refractivity contribution in [1.82, 2.24) is 25.8 Å². The number of aromatic amines is 1. The second-order valence-electron chi connectivity index (χ2n) is 9.25. The number of fused-ring (bicyclic) bond motifs is 1. The first-order valence-corrected chi connectivity index (χ1v) is 12.6. The maximum absolute atomic E-state index is 12.4. The Morgan fingerprint density at radius 2 is 1.97 bits per heavy atom. The molecule has 1 aliphatic heterocycles. The minimum atomic E-state index is 0.0302. The van der Waals surface area contributed by atoms with E-state index in [1.807, 2.05) is 31.5 Å². The molecule has 2 fully saturated rings. The molecule has 8 nitrogen and oxygen atoms in total. The van der Waals surface area contributed by atoms with Gasteiger partial charge in [-0.05, 0) is 0 Å². The number of hydrogen-bond acceptors (Lipinski definition) is 6. The van der Waals surface area contributed by atoms with Gasteiger partial charge in [0.2, 0.25) is 0 Å². The van der Waals surface area contributed by atoms with Crippen LogP contribution in [-0.2, 0) is 9.53 Å². The first kappa shape index (κ1) is 24.7. The topological polar surface area (TPSA) is 95.2 Å². The number of carbonyl (C=O) groups excluding carboxylic acids is 1. The molecule has 0 radical (unpaired) electrons. The van der Waals surface area contributed by atoms with Crippen LogP contribution in [0.25, 0.3) is 22.0 Å². The van der Waals surface area contributed by atoms with Crippen molar-refractivity contribution in [3.8, 4) is 11.1 Å². The number of H-pyrrole nitrogens is 1. The van der Waals surface area contributed by atoms with E-state index in [0.717, 1.165) is 72.6 Å². The fraction of sp³-hybridized carbons (Fsp3) is 0.286. The van der Waals surface area contributed by atoms with Crippen LogP contribution >= 0.6 is 0 Å². The molecule has 1 amide bonds. The van der Waals surface area contributed by atoms with Gasteiger partial charge in [0.05, 0.1) is 0 Å². The molecule has 9 heteroatoms. The van der Waals surface area contributed by atoms with Crippen LogP contribution in [0.5, 0.6) is 0 Å². The van der Waals surface area contributed by atoms with E-state index in [1.54, 1.807) is 12.2 Å². The van der Waals surface area contributed by atoms with E-state index >= 15 is 0 Å². The average Bonchev–Trinajstić information content (AvgIpc) is 3.71. The van der Waals surface area contributed by atoms with Crippen LogP contribution < -0.4 is 15.5 Å². The molecule has 188 valence electrons. The molecule has 3 aromatic rings. The van der Waals surface area contributed by atoms with Crippen molar-refractivity contribution < 1.29 is 9.53 Å². The third-order valence-electron chi connectivity index (χ3n) is 6.64. The third-order valence-corrected chi connectivity index (χ3v) is 6.64. The summed E-state index contributed by atoms with van der Waals surface area (Å²) in [6.45, 7) is 8.88. The van der Waals surface area contributed by atoms with Crippen molar-refractivity contribution in [3.05, 3.63) is 78.6 Å². The number of carbonyl (C=O) groups is 1. The second-order valence-corrected chi connectivity index (χ2v) is 9.25. The van der Waals surface area contributed by atoms with E-state index in [9.17, 15) is 4.79 Å². The molecule has 5 rings (SSSR count). The van der Waals surface area contributed by atoms with E-state index in [-0.39, 0.29) is 11.8 Å². The first-order valence-electron chi connectivity index (χ1n) is 12.6. The van der Waals surface area contributed by atoms with Crippen LogP contribution in [0.4, 0.5) is 5.69 Å². The van der Waals surface area contributed by atoms with Crippen LogP contribution in [0, 0.1) is 5.92 Å². The number of pyridine rings is 1. The van der Waals surface area contributed by atoms with Crippen molar-refractivity contribution in [2.45, 2.75) is 19.8 Å². The average molecular weight is 494 g/mol. The van der Waals surface area contributed by atoms with E-state index < -0.39 is 0 Å². The molecule has 1 saturated heterocycles. The molecule has 0 atom stereocenters. The summed E-state index contributed by atoms with van der Waals surface area (Å²) in [5.74, 6) is 0.127. The van der Waals surface area contributed by atoms with Gasteiger partial charge in [-0.25, -0.2) is 0 Å². The summed E-state index contributed by atoms with van der Waals surface area (Å²) >= 11 is 0. The molecule has 3 heterocycles. The van der Waals surface area contributed by atoms with Gasteiger partial charge < -0.3 is 0 Å². The molecule has 3 N–H and O–H groups in total. The van der Waals surface area contributed by atoms with Crippen LogP contribution in [0.15, 0.2) is 72.9 Å². The Morgan fingerprint density at radius 1 is 1.16 bits per heavy atom. The van der Waals surface area contributed by atoms with Gasteiger partial charge in [0.15, 0.2) is 0 Å². The Labute approximate surface area is 217 Å². The quantitative estimate of drug-likeness (QED) is 0.313. The Hall–Kier alpha value is -3.98. The molecular formula is C28H31BN6O2. The van der Waals surface area contributed by atoms with Gasteiger partial charge in [-0.15, -0.1) is 0 Å². The van der Waals surface area contributed by atoms with Gasteiger partial charge >= 0.3 is 217 Å². The number of aromatic nitrogens is 3. The van der Waals surface area contributed by atoms with Crippen molar-refractivity contribution in [1.29, 1.82) is 0 Å². The fourth-order valence-electron chi connectivity index (χ4n) is 4.42. The Bertz CT molecular complexity index is 1400. The summed E-state index contributed by atoms with van der Waals surface area (Å²) < 4.78 is 5.49.